The van der Waals surface area contributed by atoms with Gasteiger partial charge in [0.05, 0.1) is 0 Å². The lowest BCUT2D eigenvalue weighted by Gasteiger charge is -2.34. The summed E-state index contributed by atoms with van der Waals surface area (Å²) in [5.41, 5.74) is -0.757. The Hall–Kier alpha value is -0.570. The van der Waals surface area contributed by atoms with Gasteiger partial charge in [-0.1, -0.05) is 41.5 Å². The summed E-state index contributed by atoms with van der Waals surface area (Å²) in [5, 5.41) is 12.9. The van der Waals surface area contributed by atoms with Crippen LogP contribution >= 0.6 is 0 Å². The molecule has 3 nitrogen and oxygen atoms in total. The van der Waals surface area contributed by atoms with E-state index in [2.05, 4.69) is 46.9 Å². The van der Waals surface area contributed by atoms with Gasteiger partial charge in [0.15, 0.2) is 0 Å². The molecule has 0 radical (unpaired) electrons. The van der Waals surface area contributed by atoms with Crippen LogP contribution in [0.4, 0.5) is 0 Å². The van der Waals surface area contributed by atoms with Gasteiger partial charge in [-0.25, -0.2) is 0 Å². The van der Waals surface area contributed by atoms with Crippen molar-refractivity contribution in [3.8, 4) is 0 Å². The average Bonchev–Trinajstić information content (AvgIpc) is 2.11. The number of carboxylic acid groups (broad SMARTS) is 1. The fraction of sp³-hybridized carbons (Fsp3) is 0.929. The van der Waals surface area contributed by atoms with Crippen LogP contribution in [0.1, 0.15) is 54.4 Å². The van der Waals surface area contributed by atoms with Crippen molar-refractivity contribution in [2.75, 3.05) is 6.54 Å². The van der Waals surface area contributed by atoms with Crippen LogP contribution in [-0.4, -0.2) is 23.2 Å². The SMILES string of the molecule is CC(C)CNC(CC(C)C)(CC(C)C)C(=O)O. The molecule has 102 valence electrons. The molecule has 0 unspecified atom stereocenters. The first-order valence-corrected chi connectivity index (χ1v) is 6.68. The second kappa shape index (κ2) is 7.00. The highest BCUT2D eigenvalue weighted by Gasteiger charge is 2.39. The van der Waals surface area contributed by atoms with Gasteiger partial charge in [0.2, 0.25) is 0 Å². The summed E-state index contributed by atoms with van der Waals surface area (Å²) in [5.74, 6) is 0.516. The van der Waals surface area contributed by atoms with Crippen molar-refractivity contribution < 1.29 is 9.90 Å². The molecule has 0 amide bonds. The Morgan fingerprint density at radius 3 is 1.65 bits per heavy atom. The van der Waals surface area contributed by atoms with Crippen molar-refractivity contribution in [1.29, 1.82) is 0 Å². The van der Waals surface area contributed by atoms with E-state index in [0.29, 0.717) is 30.6 Å². The van der Waals surface area contributed by atoms with Crippen LogP contribution in [-0.2, 0) is 4.79 Å². The lowest BCUT2D eigenvalue weighted by Crippen LogP contribution is -2.54. The topological polar surface area (TPSA) is 49.3 Å². The third kappa shape index (κ3) is 6.06. The molecule has 0 heterocycles. The van der Waals surface area contributed by atoms with Crippen molar-refractivity contribution in [1.82, 2.24) is 5.32 Å². The molecule has 0 atom stereocenters. The highest BCUT2D eigenvalue weighted by atomic mass is 16.4. The van der Waals surface area contributed by atoms with E-state index in [9.17, 15) is 9.90 Å². The molecule has 17 heavy (non-hydrogen) atoms. The summed E-state index contributed by atoms with van der Waals surface area (Å²) in [7, 11) is 0. The first kappa shape index (κ1) is 16.4. The van der Waals surface area contributed by atoms with Crippen LogP contribution in [0, 0.1) is 17.8 Å². The number of carbonyl (C=O) groups is 1. The monoisotopic (exact) mass is 243 g/mol. The van der Waals surface area contributed by atoms with Crippen LogP contribution in [0.5, 0.6) is 0 Å². The van der Waals surface area contributed by atoms with Crippen LogP contribution in [0.25, 0.3) is 0 Å². The van der Waals surface area contributed by atoms with E-state index in [0.717, 1.165) is 6.54 Å². The molecule has 2 N–H and O–H groups in total. The van der Waals surface area contributed by atoms with Crippen LogP contribution < -0.4 is 5.32 Å². The molecule has 0 rings (SSSR count). The number of hydrogen-bond acceptors (Lipinski definition) is 2. The molecule has 0 saturated carbocycles. The lowest BCUT2D eigenvalue weighted by atomic mass is 9.81. The summed E-state index contributed by atoms with van der Waals surface area (Å²) in [6.45, 7) is 13.3. The molecule has 0 aliphatic carbocycles. The van der Waals surface area contributed by atoms with E-state index >= 15 is 0 Å². The third-order valence-corrected chi connectivity index (χ3v) is 2.77. The van der Waals surface area contributed by atoms with E-state index in [1.807, 2.05) is 0 Å². The molecule has 0 aromatic carbocycles. The number of nitrogens with one attached hydrogen (secondary N) is 1. The largest absolute Gasteiger partial charge is 0.480 e. The molecule has 0 bridgehead atoms. The van der Waals surface area contributed by atoms with Gasteiger partial charge in [0.1, 0.15) is 5.54 Å². The maximum absolute atomic E-state index is 11.6. The minimum Gasteiger partial charge on any atom is -0.480 e. The van der Waals surface area contributed by atoms with Crippen molar-refractivity contribution in [3.05, 3.63) is 0 Å². The highest BCUT2D eigenvalue weighted by molar-refractivity contribution is 5.78. The zero-order chi connectivity index (χ0) is 13.6. The molecule has 0 fully saturated rings. The zero-order valence-corrected chi connectivity index (χ0v) is 12.2. The van der Waals surface area contributed by atoms with Crippen molar-refractivity contribution in [2.24, 2.45) is 17.8 Å². The Morgan fingerprint density at radius 2 is 1.41 bits per heavy atom. The van der Waals surface area contributed by atoms with Gasteiger partial charge in [-0.2, -0.15) is 0 Å². The first-order valence-electron chi connectivity index (χ1n) is 6.68. The molecule has 3 heteroatoms. The van der Waals surface area contributed by atoms with Gasteiger partial charge in [0, 0.05) is 0 Å². The third-order valence-electron chi connectivity index (χ3n) is 2.77. The van der Waals surface area contributed by atoms with Gasteiger partial charge in [-0.15, -0.1) is 0 Å². The molecule has 0 aliphatic rings. The predicted molar refractivity (Wildman–Crippen MR) is 72.1 cm³/mol. The quantitative estimate of drug-likeness (QED) is 0.688. The zero-order valence-electron chi connectivity index (χ0n) is 12.2. The minimum atomic E-state index is -0.757. The number of aliphatic carboxylic acids is 1. The van der Waals surface area contributed by atoms with Crippen molar-refractivity contribution in [3.63, 3.8) is 0 Å². The second-order valence-corrected chi connectivity index (χ2v) is 6.36. The van der Waals surface area contributed by atoms with Gasteiger partial charge < -0.3 is 10.4 Å². The summed E-state index contributed by atoms with van der Waals surface area (Å²) in [6.07, 6.45) is 1.38. The van der Waals surface area contributed by atoms with E-state index in [1.54, 1.807) is 0 Å². The molecular weight excluding hydrogens is 214 g/mol. The molecule has 0 saturated heterocycles. The first-order chi connectivity index (χ1) is 7.69. The predicted octanol–water partition coefficient (Wildman–Crippen LogP) is 3.15. The molecule has 0 aromatic rings. The number of rotatable bonds is 8. The van der Waals surface area contributed by atoms with Crippen molar-refractivity contribution >= 4 is 5.97 Å². The smallest absolute Gasteiger partial charge is 0.323 e. The van der Waals surface area contributed by atoms with Crippen molar-refractivity contribution in [2.45, 2.75) is 59.9 Å². The highest BCUT2D eigenvalue weighted by Crippen LogP contribution is 2.25. The number of carboxylic acids is 1. The van der Waals surface area contributed by atoms with Crippen LogP contribution in [0.3, 0.4) is 0 Å². The molecule has 0 aromatic heterocycles. The fourth-order valence-corrected chi connectivity index (χ4v) is 2.27. The van der Waals surface area contributed by atoms with Gasteiger partial charge in [0.25, 0.3) is 0 Å². The minimum absolute atomic E-state index is 0.379. The van der Waals surface area contributed by atoms with E-state index in [-0.39, 0.29) is 0 Å². The summed E-state index contributed by atoms with van der Waals surface area (Å²) >= 11 is 0. The Morgan fingerprint density at radius 1 is 1.00 bits per heavy atom. The summed E-state index contributed by atoms with van der Waals surface area (Å²) in [4.78, 5) is 11.6. The fourth-order valence-electron chi connectivity index (χ4n) is 2.27. The van der Waals surface area contributed by atoms with Gasteiger partial charge in [-0.05, 0) is 37.1 Å². The average molecular weight is 243 g/mol. The van der Waals surface area contributed by atoms with Gasteiger partial charge in [-0.3, -0.25) is 4.79 Å². The molecule has 0 spiro atoms. The van der Waals surface area contributed by atoms with E-state index in [4.69, 9.17) is 0 Å². The summed E-state index contributed by atoms with van der Waals surface area (Å²) in [6, 6.07) is 0. The Labute approximate surface area is 106 Å². The maximum Gasteiger partial charge on any atom is 0.323 e. The molecular formula is C14H29NO2. The maximum atomic E-state index is 11.6. The normalized spacial score (nSPS) is 12.8. The molecule has 0 aliphatic heterocycles. The second-order valence-electron chi connectivity index (χ2n) is 6.36. The standard InChI is InChI=1S/C14H29NO2/c1-10(2)7-14(13(16)17,8-11(3)4)15-9-12(5)6/h10-12,15H,7-9H2,1-6H3,(H,16,17). The Bertz CT molecular complexity index is 224. The van der Waals surface area contributed by atoms with Crippen LogP contribution in [0.2, 0.25) is 0 Å². The van der Waals surface area contributed by atoms with E-state index < -0.39 is 11.5 Å². The van der Waals surface area contributed by atoms with E-state index in [1.165, 1.54) is 0 Å². The van der Waals surface area contributed by atoms with Gasteiger partial charge >= 0.3 is 5.97 Å². The Kier molecular flexibility index (Phi) is 6.76. The summed E-state index contributed by atoms with van der Waals surface area (Å²) < 4.78 is 0. The Balaban J connectivity index is 4.88. The number of hydrogen-bond donors (Lipinski definition) is 2. The van der Waals surface area contributed by atoms with Crippen LogP contribution in [0.15, 0.2) is 0 Å². The lowest BCUT2D eigenvalue weighted by molar-refractivity contribution is -0.146.